The average Bonchev–Trinajstić information content (AvgIpc) is 2.68. The standard InChI is InChI=1S/C11H20N2OS/c1-13(9-3-6-15-7-9)10(14)11(8-12)4-2-5-11/h9H,2-8,12H2,1H3. The molecule has 2 rings (SSSR count). The zero-order chi connectivity index (χ0) is 10.9. The molecule has 2 aliphatic rings. The monoisotopic (exact) mass is 228 g/mol. The van der Waals surface area contributed by atoms with Crippen LogP contribution in [0.2, 0.25) is 0 Å². The van der Waals surface area contributed by atoms with Crippen molar-refractivity contribution in [3.8, 4) is 0 Å². The van der Waals surface area contributed by atoms with Gasteiger partial charge in [-0.2, -0.15) is 11.8 Å². The predicted octanol–water partition coefficient (Wildman–Crippen LogP) is 1.08. The Morgan fingerprint density at radius 2 is 2.33 bits per heavy atom. The quantitative estimate of drug-likeness (QED) is 0.786. The summed E-state index contributed by atoms with van der Waals surface area (Å²) in [5.41, 5.74) is 5.56. The molecule has 1 saturated carbocycles. The van der Waals surface area contributed by atoms with Gasteiger partial charge in [-0.25, -0.2) is 0 Å². The topological polar surface area (TPSA) is 46.3 Å². The first-order valence-electron chi connectivity index (χ1n) is 5.75. The SMILES string of the molecule is CN(C(=O)C1(CN)CCC1)C1CCSC1. The van der Waals surface area contributed by atoms with Gasteiger partial charge < -0.3 is 10.6 Å². The number of nitrogens with two attached hydrogens (primary N) is 1. The highest BCUT2D eigenvalue weighted by Crippen LogP contribution is 2.42. The third-order valence-electron chi connectivity index (χ3n) is 3.93. The molecule has 1 amide bonds. The van der Waals surface area contributed by atoms with E-state index in [9.17, 15) is 4.79 Å². The van der Waals surface area contributed by atoms with Gasteiger partial charge in [0.05, 0.1) is 5.41 Å². The first kappa shape index (κ1) is 11.3. The Labute approximate surface area is 95.8 Å². The molecule has 1 aliphatic carbocycles. The van der Waals surface area contributed by atoms with Gasteiger partial charge >= 0.3 is 0 Å². The van der Waals surface area contributed by atoms with Gasteiger partial charge in [0.15, 0.2) is 0 Å². The minimum absolute atomic E-state index is 0.192. The van der Waals surface area contributed by atoms with Gasteiger partial charge in [-0.3, -0.25) is 4.79 Å². The summed E-state index contributed by atoms with van der Waals surface area (Å²) in [5.74, 6) is 2.59. The van der Waals surface area contributed by atoms with E-state index in [1.54, 1.807) is 0 Å². The maximum atomic E-state index is 12.3. The van der Waals surface area contributed by atoms with Crippen molar-refractivity contribution in [2.24, 2.45) is 11.1 Å². The van der Waals surface area contributed by atoms with Crippen LogP contribution in [-0.4, -0.2) is 41.9 Å². The van der Waals surface area contributed by atoms with Crippen LogP contribution >= 0.6 is 11.8 Å². The molecule has 1 aliphatic heterocycles. The Balaban J connectivity index is 1.99. The van der Waals surface area contributed by atoms with Crippen molar-refractivity contribution in [2.75, 3.05) is 25.1 Å². The summed E-state index contributed by atoms with van der Waals surface area (Å²) < 4.78 is 0. The molecule has 1 atom stereocenters. The number of hydrogen-bond acceptors (Lipinski definition) is 3. The van der Waals surface area contributed by atoms with Crippen LogP contribution in [0.5, 0.6) is 0 Å². The molecule has 0 aromatic rings. The van der Waals surface area contributed by atoms with Gasteiger partial charge in [-0.05, 0) is 25.0 Å². The molecule has 0 radical (unpaired) electrons. The maximum absolute atomic E-state index is 12.3. The molecule has 0 spiro atoms. The highest BCUT2D eigenvalue weighted by atomic mass is 32.2. The smallest absolute Gasteiger partial charge is 0.230 e. The van der Waals surface area contributed by atoms with E-state index in [2.05, 4.69) is 0 Å². The number of thioether (sulfide) groups is 1. The Bertz CT molecular complexity index is 241. The minimum atomic E-state index is -0.192. The zero-order valence-electron chi connectivity index (χ0n) is 9.37. The van der Waals surface area contributed by atoms with E-state index < -0.39 is 0 Å². The predicted molar refractivity (Wildman–Crippen MR) is 63.8 cm³/mol. The molecule has 1 saturated heterocycles. The van der Waals surface area contributed by atoms with Gasteiger partial charge in [0.2, 0.25) is 5.91 Å². The first-order chi connectivity index (χ1) is 7.19. The summed E-state index contributed by atoms with van der Waals surface area (Å²) in [7, 11) is 1.95. The lowest BCUT2D eigenvalue weighted by molar-refractivity contribution is -0.147. The third-order valence-corrected chi connectivity index (χ3v) is 5.07. The van der Waals surface area contributed by atoms with E-state index in [1.165, 1.54) is 5.75 Å². The van der Waals surface area contributed by atoms with Gasteiger partial charge in [-0.15, -0.1) is 0 Å². The Hall–Kier alpha value is -0.220. The van der Waals surface area contributed by atoms with E-state index in [-0.39, 0.29) is 5.41 Å². The average molecular weight is 228 g/mol. The van der Waals surface area contributed by atoms with Gasteiger partial charge in [0, 0.05) is 25.4 Å². The van der Waals surface area contributed by atoms with Crippen molar-refractivity contribution >= 4 is 17.7 Å². The molecular weight excluding hydrogens is 208 g/mol. The van der Waals surface area contributed by atoms with Crippen LogP contribution in [0.4, 0.5) is 0 Å². The van der Waals surface area contributed by atoms with Crippen LogP contribution in [0, 0.1) is 5.41 Å². The van der Waals surface area contributed by atoms with Crippen LogP contribution < -0.4 is 5.73 Å². The molecule has 0 bridgehead atoms. The lowest BCUT2D eigenvalue weighted by Crippen LogP contribution is -2.53. The second-order valence-corrected chi connectivity index (χ2v) is 5.92. The lowest BCUT2D eigenvalue weighted by atomic mass is 9.67. The number of amides is 1. The second-order valence-electron chi connectivity index (χ2n) is 4.77. The molecule has 0 aromatic carbocycles. The number of rotatable bonds is 3. The van der Waals surface area contributed by atoms with Crippen molar-refractivity contribution in [1.29, 1.82) is 0 Å². The molecule has 1 unspecified atom stereocenters. The summed E-state index contributed by atoms with van der Waals surface area (Å²) in [4.78, 5) is 14.3. The highest BCUT2D eigenvalue weighted by Gasteiger charge is 2.45. The minimum Gasteiger partial charge on any atom is -0.341 e. The number of hydrogen-bond donors (Lipinski definition) is 1. The summed E-state index contributed by atoms with van der Waals surface area (Å²) >= 11 is 1.95. The summed E-state index contributed by atoms with van der Waals surface area (Å²) in [6, 6.07) is 0.450. The van der Waals surface area contributed by atoms with Gasteiger partial charge in [0.25, 0.3) is 0 Å². The molecule has 0 aromatic heterocycles. The van der Waals surface area contributed by atoms with E-state index in [0.29, 0.717) is 18.5 Å². The zero-order valence-corrected chi connectivity index (χ0v) is 10.2. The van der Waals surface area contributed by atoms with Crippen molar-refractivity contribution in [3.63, 3.8) is 0 Å². The molecule has 3 nitrogen and oxygen atoms in total. The van der Waals surface area contributed by atoms with Crippen molar-refractivity contribution in [2.45, 2.75) is 31.7 Å². The summed E-state index contributed by atoms with van der Waals surface area (Å²) in [6.45, 7) is 0.524. The van der Waals surface area contributed by atoms with Crippen molar-refractivity contribution in [1.82, 2.24) is 4.90 Å². The fraction of sp³-hybridized carbons (Fsp3) is 0.909. The van der Waals surface area contributed by atoms with Crippen molar-refractivity contribution < 1.29 is 4.79 Å². The van der Waals surface area contributed by atoms with E-state index in [0.717, 1.165) is 31.4 Å². The molecule has 86 valence electrons. The summed E-state index contributed by atoms with van der Waals surface area (Å²) in [5, 5.41) is 0. The van der Waals surface area contributed by atoms with Crippen LogP contribution in [0.25, 0.3) is 0 Å². The molecular formula is C11H20N2OS. The van der Waals surface area contributed by atoms with E-state index in [1.807, 2.05) is 23.7 Å². The Kier molecular flexibility index (Phi) is 3.26. The maximum Gasteiger partial charge on any atom is 0.230 e. The van der Waals surface area contributed by atoms with Crippen LogP contribution in [-0.2, 0) is 4.79 Å². The molecule has 2 N–H and O–H groups in total. The van der Waals surface area contributed by atoms with E-state index in [4.69, 9.17) is 5.73 Å². The Morgan fingerprint density at radius 3 is 2.73 bits per heavy atom. The highest BCUT2D eigenvalue weighted by molar-refractivity contribution is 7.99. The second kappa shape index (κ2) is 4.34. The molecule has 15 heavy (non-hydrogen) atoms. The fourth-order valence-corrected chi connectivity index (χ4v) is 3.74. The van der Waals surface area contributed by atoms with Crippen LogP contribution in [0.3, 0.4) is 0 Å². The molecule has 1 heterocycles. The van der Waals surface area contributed by atoms with Crippen LogP contribution in [0.15, 0.2) is 0 Å². The van der Waals surface area contributed by atoms with Gasteiger partial charge in [-0.1, -0.05) is 6.42 Å². The van der Waals surface area contributed by atoms with Crippen molar-refractivity contribution in [3.05, 3.63) is 0 Å². The largest absolute Gasteiger partial charge is 0.341 e. The third kappa shape index (κ3) is 1.89. The Morgan fingerprint density at radius 1 is 1.60 bits per heavy atom. The first-order valence-corrected chi connectivity index (χ1v) is 6.90. The number of nitrogens with zero attached hydrogens (tertiary/aromatic N) is 1. The lowest BCUT2D eigenvalue weighted by Gasteiger charge is -2.43. The normalized spacial score (nSPS) is 28.5. The van der Waals surface area contributed by atoms with Crippen LogP contribution in [0.1, 0.15) is 25.7 Å². The fourth-order valence-electron chi connectivity index (χ4n) is 2.48. The summed E-state index contributed by atoms with van der Waals surface area (Å²) in [6.07, 6.45) is 4.29. The number of carbonyl (C=O) groups is 1. The molecule has 4 heteroatoms. The number of carbonyl (C=O) groups excluding carboxylic acids is 1. The molecule has 2 fully saturated rings. The van der Waals surface area contributed by atoms with Gasteiger partial charge in [0.1, 0.15) is 0 Å². The van der Waals surface area contributed by atoms with E-state index >= 15 is 0 Å².